The summed E-state index contributed by atoms with van der Waals surface area (Å²) >= 11 is 0. The molecule has 120 valence electrons. The van der Waals surface area contributed by atoms with Crippen molar-refractivity contribution in [2.45, 2.75) is 18.9 Å². The summed E-state index contributed by atoms with van der Waals surface area (Å²) in [4.78, 5) is 23.7. The van der Waals surface area contributed by atoms with Crippen LogP contribution in [-0.4, -0.2) is 49.4 Å². The van der Waals surface area contributed by atoms with Crippen LogP contribution in [0.4, 0.5) is 11.4 Å². The Morgan fingerprint density at radius 2 is 2.00 bits per heavy atom. The number of methoxy groups -OCH3 is 2. The van der Waals surface area contributed by atoms with Crippen molar-refractivity contribution < 1.29 is 24.3 Å². The van der Waals surface area contributed by atoms with Crippen LogP contribution in [0, 0.1) is 10.1 Å². The Kier molecular flexibility index (Phi) is 4.81. The number of aromatic carboxylic acids is 1. The number of carboxylic acid groups (broad SMARTS) is 1. The zero-order chi connectivity index (χ0) is 16.3. The molecule has 0 spiro atoms. The van der Waals surface area contributed by atoms with E-state index in [0.717, 1.165) is 18.9 Å². The third-order valence-electron chi connectivity index (χ3n) is 3.81. The number of nitro benzene ring substituents is 1. The molecule has 1 aliphatic rings. The average Bonchev–Trinajstić information content (AvgIpc) is 2.53. The zero-order valence-corrected chi connectivity index (χ0v) is 12.4. The lowest BCUT2D eigenvalue weighted by Gasteiger charge is -2.33. The summed E-state index contributed by atoms with van der Waals surface area (Å²) in [5.41, 5.74) is -0.0984. The van der Waals surface area contributed by atoms with Gasteiger partial charge in [-0.2, -0.15) is 0 Å². The second-order valence-corrected chi connectivity index (χ2v) is 5.03. The van der Waals surface area contributed by atoms with Crippen molar-refractivity contribution in [3.05, 3.63) is 27.8 Å². The molecular formula is C14H18N2O6. The molecule has 1 aliphatic heterocycles. The van der Waals surface area contributed by atoms with Crippen LogP contribution in [0.2, 0.25) is 0 Å². The summed E-state index contributed by atoms with van der Waals surface area (Å²) in [7, 11) is 3.01. The Hall–Kier alpha value is -2.35. The lowest BCUT2D eigenvalue weighted by molar-refractivity contribution is -0.384. The monoisotopic (exact) mass is 310 g/mol. The number of carbonyl (C=O) groups is 1. The molecule has 0 aromatic heterocycles. The minimum absolute atomic E-state index is 0.139. The summed E-state index contributed by atoms with van der Waals surface area (Å²) < 4.78 is 10.5. The largest absolute Gasteiger partial charge is 0.494 e. The van der Waals surface area contributed by atoms with Crippen LogP contribution in [0.5, 0.6) is 5.75 Å². The quantitative estimate of drug-likeness (QED) is 0.654. The number of nitro groups is 1. The van der Waals surface area contributed by atoms with Crippen molar-refractivity contribution in [1.29, 1.82) is 0 Å². The molecule has 1 saturated heterocycles. The van der Waals surface area contributed by atoms with Crippen molar-refractivity contribution in [2.24, 2.45) is 0 Å². The standard InChI is InChI=1S/C14H18N2O6/c1-21-10-3-5-15(6-4-10)13-11(16(19)20)7-9(14(17)18)8-12(13)22-2/h7-8,10H,3-6H2,1-2H3,(H,17,18). The molecule has 1 N–H and O–H groups in total. The molecule has 2 rings (SSSR count). The van der Waals surface area contributed by atoms with Crippen molar-refractivity contribution in [3.8, 4) is 5.75 Å². The number of piperidine rings is 1. The summed E-state index contributed by atoms with van der Waals surface area (Å²) in [6, 6.07) is 2.38. The van der Waals surface area contributed by atoms with E-state index < -0.39 is 10.9 Å². The molecule has 1 aromatic carbocycles. The van der Waals surface area contributed by atoms with Crippen molar-refractivity contribution in [2.75, 3.05) is 32.2 Å². The highest BCUT2D eigenvalue weighted by molar-refractivity contribution is 5.91. The van der Waals surface area contributed by atoms with Crippen LogP contribution in [0.3, 0.4) is 0 Å². The molecule has 0 saturated carbocycles. The van der Waals surface area contributed by atoms with Crippen LogP contribution < -0.4 is 9.64 Å². The number of anilines is 1. The summed E-state index contributed by atoms with van der Waals surface area (Å²) in [5.74, 6) is -1.03. The first-order valence-electron chi connectivity index (χ1n) is 6.85. The van der Waals surface area contributed by atoms with E-state index in [0.29, 0.717) is 18.8 Å². The molecule has 8 nitrogen and oxygen atoms in total. The Labute approximate surface area is 127 Å². The predicted octanol–water partition coefficient (Wildman–Crippen LogP) is 1.92. The number of rotatable bonds is 5. The molecule has 0 atom stereocenters. The van der Waals surface area contributed by atoms with Gasteiger partial charge in [0.2, 0.25) is 0 Å². The highest BCUT2D eigenvalue weighted by Crippen LogP contribution is 2.40. The van der Waals surface area contributed by atoms with E-state index in [1.807, 2.05) is 4.90 Å². The highest BCUT2D eigenvalue weighted by atomic mass is 16.6. The highest BCUT2D eigenvalue weighted by Gasteiger charge is 2.29. The maximum absolute atomic E-state index is 11.3. The maximum atomic E-state index is 11.3. The van der Waals surface area contributed by atoms with E-state index in [-0.39, 0.29) is 23.1 Å². The van der Waals surface area contributed by atoms with Crippen molar-refractivity contribution in [1.82, 2.24) is 0 Å². The van der Waals surface area contributed by atoms with Crippen LogP contribution >= 0.6 is 0 Å². The van der Waals surface area contributed by atoms with Gasteiger partial charge in [0.1, 0.15) is 5.75 Å². The Balaban J connectivity index is 2.45. The van der Waals surface area contributed by atoms with E-state index in [4.69, 9.17) is 14.6 Å². The molecule has 0 unspecified atom stereocenters. The van der Waals surface area contributed by atoms with E-state index >= 15 is 0 Å². The molecular weight excluding hydrogens is 292 g/mol. The summed E-state index contributed by atoms with van der Waals surface area (Å²) in [6.07, 6.45) is 1.63. The molecule has 1 heterocycles. The van der Waals surface area contributed by atoms with Gasteiger partial charge in [-0.25, -0.2) is 4.79 Å². The smallest absolute Gasteiger partial charge is 0.336 e. The fourth-order valence-corrected chi connectivity index (χ4v) is 2.64. The van der Waals surface area contributed by atoms with Gasteiger partial charge in [0.25, 0.3) is 5.69 Å². The number of hydrogen-bond acceptors (Lipinski definition) is 6. The van der Waals surface area contributed by atoms with Gasteiger partial charge in [0.05, 0.1) is 23.7 Å². The number of ether oxygens (including phenoxy) is 2. The van der Waals surface area contributed by atoms with Gasteiger partial charge in [-0.15, -0.1) is 0 Å². The van der Waals surface area contributed by atoms with E-state index in [9.17, 15) is 14.9 Å². The lowest BCUT2D eigenvalue weighted by atomic mass is 10.0. The van der Waals surface area contributed by atoms with Crippen molar-refractivity contribution >= 4 is 17.3 Å². The third kappa shape index (κ3) is 3.11. The first kappa shape index (κ1) is 16.0. The molecule has 8 heteroatoms. The topological polar surface area (TPSA) is 102 Å². The number of carboxylic acids is 1. The summed E-state index contributed by atoms with van der Waals surface area (Å²) in [5, 5.41) is 20.4. The second-order valence-electron chi connectivity index (χ2n) is 5.03. The van der Waals surface area contributed by atoms with Crippen LogP contribution in [0.25, 0.3) is 0 Å². The van der Waals surface area contributed by atoms with Gasteiger partial charge in [-0.3, -0.25) is 10.1 Å². The maximum Gasteiger partial charge on any atom is 0.336 e. The van der Waals surface area contributed by atoms with E-state index in [1.165, 1.54) is 13.2 Å². The molecule has 22 heavy (non-hydrogen) atoms. The van der Waals surface area contributed by atoms with Crippen LogP contribution in [0.1, 0.15) is 23.2 Å². The first-order valence-corrected chi connectivity index (χ1v) is 6.85. The number of benzene rings is 1. The van der Waals surface area contributed by atoms with Crippen LogP contribution in [-0.2, 0) is 4.74 Å². The zero-order valence-electron chi connectivity index (χ0n) is 12.4. The molecule has 0 amide bonds. The van der Waals surface area contributed by atoms with Crippen LogP contribution in [0.15, 0.2) is 12.1 Å². The van der Waals surface area contributed by atoms with Gasteiger partial charge < -0.3 is 19.5 Å². The van der Waals surface area contributed by atoms with Gasteiger partial charge in [-0.05, 0) is 18.9 Å². The molecule has 1 fully saturated rings. The first-order chi connectivity index (χ1) is 10.5. The number of nitrogens with zero attached hydrogens (tertiary/aromatic N) is 2. The fourth-order valence-electron chi connectivity index (χ4n) is 2.64. The van der Waals surface area contributed by atoms with Gasteiger partial charge >= 0.3 is 5.97 Å². The van der Waals surface area contributed by atoms with Gasteiger partial charge in [0.15, 0.2) is 5.69 Å². The molecule has 0 bridgehead atoms. The SMILES string of the molecule is COc1cc(C(=O)O)cc([N+](=O)[O-])c1N1CCC(OC)CC1. The Morgan fingerprint density at radius 1 is 1.36 bits per heavy atom. The predicted molar refractivity (Wildman–Crippen MR) is 78.9 cm³/mol. The van der Waals surface area contributed by atoms with Gasteiger partial charge in [-0.1, -0.05) is 0 Å². The fraction of sp³-hybridized carbons (Fsp3) is 0.500. The minimum atomic E-state index is -1.23. The Bertz CT molecular complexity index is 581. The third-order valence-corrected chi connectivity index (χ3v) is 3.81. The van der Waals surface area contributed by atoms with Gasteiger partial charge in [0, 0.05) is 26.3 Å². The molecule has 0 radical (unpaired) electrons. The Morgan fingerprint density at radius 3 is 2.45 bits per heavy atom. The average molecular weight is 310 g/mol. The normalized spacial score (nSPS) is 15.6. The van der Waals surface area contributed by atoms with E-state index in [2.05, 4.69) is 0 Å². The minimum Gasteiger partial charge on any atom is -0.494 e. The molecule has 1 aromatic rings. The molecule has 0 aliphatic carbocycles. The van der Waals surface area contributed by atoms with E-state index in [1.54, 1.807) is 7.11 Å². The summed E-state index contributed by atoms with van der Waals surface area (Å²) in [6.45, 7) is 1.17. The second kappa shape index (κ2) is 6.61. The lowest BCUT2D eigenvalue weighted by Crippen LogP contribution is -2.37. The van der Waals surface area contributed by atoms with Crippen molar-refractivity contribution in [3.63, 3.8) is 0 Å². The number of hydrogen-bond donors (Lipinski definition) is 1.